The number of nitrogens with one attached hydrogen (secondary N) is 2. The molecule has 0 amide bonds. The number of H-pyrrole nitrogens is 2. The predicted octanol–water partition coefficient (Wildman–Crippen LogP) is 8.58. The summed E-state index contributed by atoms with van der Waals surface area (Å²) in [5.74, 6) is -0.696. The zero-order valence-electron chi connectivity index (χ0n) is 26.8. The first-order chi connectivity index (χ1) is 21.9. The Labute approximate surface area is 265 Å². The number of allylic oxidation sites excluding steroid dienone is 4. The number of halogens is 2. The van der Waals surface area contributed by atoms with Gasteiger partial charge in [-0.15, -0.1) is 0 Å². The maximum atomic E-state index is 13.7. The predicted molar refractivity (Wildman–Crippen MR) is 178 cm³/mol. The van der Waals surface area contributed by atoms with Crippen molar-refractivity contribution in [3.63, 3.8) is 0 Å². The molecule has 0 saturated carbocycles. The largest absolute Gasteiger partial charge is 0.469 e. The van der Waals surface area contributed by atoms with Crippen LogP contribution in [0.1, 0.15) is 84.6 Å². The number of rotatable bonds is 8. The number of hydrogen-bond acceptors (Lipinski definition) is 6. The molecule has 238 valence electrons. The molecule has 2 aliphatic heterocycles. The molecule has 5 rings (SSSR count). The third kappa shape index (κ3) is 6.20. The van der Waals surface area contributed by atoms with Crippen LogP contribution in [-0.4, -0.2) is 46.1 Å². The maximum Gasteiger partial charge on any atom is 0.305 e. The topological polar surface area (TPSA) is 110 Å². The highest BCUT2D eigenvalue weighted by Crippen LogP contribution is 2.38. The fraction of sp³-hybridized carbons (Fsp3) is 0.278. The number of aryl methyl sites for hydroxylation is 2. The van der Waals surface area contributed by atoms with Gasteiger partial charge < -0.3 is 19.4 Å². The van der Waals surface area contributed by atoms with Gasteiger partial charge in [-0.2, -0.15) is 8.78 Å². The van der Waals surface area contributed by atoms with Crippen LogP contribution >= 0.6 is 0 Å². The lowest BCUT2D eigenvalue weighted by Crippen LogP contribution is -2.01. The lowest BCUT2D eigenvalue weighted by Gasteiger charge is -2.06. The van der Waals surface area contributed by atoms with Crippen molar-refractivity contribution in [1.82, 2.24) is 19.9 Å². The van der Waals surface area contributed by atoms with E-state index in [-0.39, 0.29) is 24.8 Å². The Morgan fingerprint density at radius 3 is 1.65 bits per heavy atom. The van der Waals surface area contributed by atoms with Gasteiger partial charge >= 0.3 is 11.9 Å². The number of nitrogens with zero attached hydrogens (tertiary/aromatic N) is 2. The molecule has 8 bridgehead atoms. The Balaban J connectivity index is 1.91. The van der Waals surface area contributed by atoms with E-state index in [2.05, 4.69) is 16.5 Å². The van der Waals surface area contributed by atoms with E-state index in [1.165, 1.54) is 14.2 Å². The van der Waals surface area contributed by atoms with E-state index in [0.29, 0.717) is 52.1 Å². The molecule has 0 fully saturated rings. The molecule has 46 heavy (non-hydrogen) atoms. The molecule has 2 N–H and O–H groups in total. The van der Waals surface area contributed by atoms with E-state index in [0.717, 1.165) is 56.2 Å². The van der Waals surface area contributed by atoms with E-state index in [9.17, 15) is 18.4 Å². The van der Waals surface area contributed by atoms with Crippen molar-refractivity contribution >= 4 is 68.4 Å². The Morgan fingerprint density at radius 1 is 0.717 bits per heavy atom. The molecule has 0 unspecified atom stereocenters. The van der Waals surface area contributed by atoms with Gasteiger partial charge in [0, 0.05) is 52.1 Å². The molecular formula is C36H36F2N4O4. The molecule has 0 spiro atoms. The first-order valence-electron chi connectivity index (χ1n) is 14.9. The van der Waals surface area contributed by atoms with Crippen LogP contribution in [0, 0.1) is 13.8 Å². The summed E-state index contributed by atoms with van der Waals surface area (Å²) in [5, 5.41) is 0. The van der Waals surface area contributed by atoms with Gasteiger partial charge in [-0.1, -0.05) is 12.7 Å². The molecule has 0 radical (unpaired) electrons. The lowest BCUT2D eigenvalue weighted by atomic mass is 9.98. The minimum absolute atomic E-state index is 0.132. The highest BCUT2D eigenvalue weighted by Gasteiger charge is 2.23. The van der Waals surface area contributed by atoms with Gasteiger partial charge in [0.25, 0.3) is 6.08 Å². The van der Waals surface area contributed by atoms with Crippen molar-refractivity contribution < 1.29 is 27.8 Å². The van der Waals surface area contributed by atoms with Gasteiger partial charge in [-0.25, -0.2) is 9.97 Å². The van der Waals surface area contributed by atoms with Gasteiger partial charge in [0.15, 0.2) is 0 Å². The highest BCUT2D eigenvalue weighted by atomic mass is 19.3. The number of carbonyl (C=O) groups is 2. The minimum atomic E-state index is -1.82. The van der Waals surface area contributed by atoms with Crippen molar-refractivity contribution in [3.8, 4) is 0 Å². The molecule has 3 aromatic heterocycles. The van der Waals surface area contributed by atoms with Crippen LogP contribution in [0.4, 0.5) is 8.78 Å². The third-order valence-corrected chi connectivity index (χ3v) is 8.70. The standard InChI is InChI=1S/C36H36F2N4O4/c1-8-22-18(2)26-14-27-19(3)23(9-11-35(43)45-6)31(40-27)17-32-24(10-12-36(44)46-7)20(4)28(41-32)16-33-25(13-34(37)38)21(5)29(42-33)15-30(22)39-26/h8,13-17,39,42H,1,9-12H2,2-7H3. The second-order valence-corrected chi connectivity index (χ2v) is 11.3. The fourth-order valence-electron chi connectivity index (χ4n) is 5.99. The summed E-state index contributed by atoms with van der Waals surface area (Å²) in [6.45, 7) is 11.6. The first kappa shape index (κ1) is 32.3. The minimum Gasteiger partial charge on any atom is -0.469 e. The van der Waals surface area contributed by atoms with E-state index >= 15 is 0 Å². The summed E-state index contributed by atoms with van der Waals surface area (Å²) in [7, 11) is 2.70. The first-order valence-corrected chi connectivity index (χ1v) is 14.9. The fourth-order valence-corrected chi connectivity index (χ4v) is 5.99. The number of esters is 2. The van der Waals surface area contributed by atoms with Crippen LogP contribution in [-0.2, 0) is 19.1 Å². The molecule has 3 aromatic rings. The van der Waals surface area contributed by atoms with E-state index in [4.69, 9.17) is 19.4 Å². The number of aromatic nitrogens is 4. The van der Waals surface area contributed by atoms with E-state index in [1.54, 1.807) is 19.1 Å². The Hall–Kier alpha value is -5.12. The second-order valence-electron chi connectivity index (χ2n) is 11.3. The number of methoxy groups -OCH3 is 2. The number of aromatic amines is 2. The molecule has 0 atom stereocenters. The van der Waals surface area contributed by atoms with Gasteiger partial charge in [-0.05, 0) is 98.2 Å². The summed E-state index contributed by atoms with van der Waals surface area (Å²) in [5.41, 5.74) is 11.4. The Morgan fingerprint density at radius 2 is 1.17 bits per heavy atom. The van der Waals surface area contributed by atoms with E-state index in [1.807, 2.05) is 39.0 Å². The average molecular weight is 627 g/mol. The third-order valence-electron chi connectivity index (χ3n) is 8.70. The number of fused-ring (bicyclic) bond motifs is 8. The molecule has 2 aliphatic rings. The van der Waals surface area contributed by atoms with Crippen LogP contribution in [0.15, 0.2) is 36.9 Å². The SMILES string of the molecule is C=Cc1c(C)c2cc3nc(cc4nc(cc5[nH]c(cc1[nH]2)c(C)c5C=C(F)F)C(C)=C4CCC(=O)OC)C(CCC(=O)OC)=C3C. The van der Waals surface area contributed by atoms with Crippen molar-refractivity contribution in [3.05, 3.63) is 82.0 Å². The smallest absolute Gasteiger partial charge is 0.305 e. The van der Waals surface area contributed by atoms with Crippen molar-refractivity contribution in [2.75, 3.05) is 14.2 Å². The summed E-state index contributed by atoms with van der Waals surface area (Å²) < 4.78 is 37.2. The van der Waals surface area contributed by atoms with Crippen LogP contribution in [0.5, 0.6) is 0 Å². The average Bonchev–Trinajstić information content (AvgIpc) is 3.68. The highest BCUT2D eigenvalue weighted by molar-refractivity contribution is 5.97. The Bertz CT molecular complexity index is 2040. The monoisotopic (exact) mass is 626 g/mol. The number of ether oxygens (including phenoxy) is 2. The zero-order valence-corrected chi connectivity index (χ0v) is 26.8. The number of hydrogen-bond donors (Lipinski definition) is 2. The summed E-state index contributed by atoms with van der Waals surface area (Å²) in [6.07, 6.45) is 1.85. The van der Waals surface area contributed by atoms with Crippen molar-refractivity contribution in [2.24, 2.45) is 0 Å². The normalized spacial score (nSPS) is 12.8. The molecular weight excluding hydrogens is 590 g/mol. The van der Waals surface area contributed by atoms with Crippen LogP contribution in [0.25, 0.3) is 56.5 Å². The molecule has 0 saturated heterocycles. The summed E-state index contributed by atoms with van der Waals surface area (Å²) >= 11 is 0. The van der Waals surface area contributed by atoms with Gasteiger partial charge in [0.2, 0.25) is 0 Å². The molecule has 0 aliphatic carbocycles. The van der Waals surface area contributed by atoms with E-state index < -0.39 is 6.08 Å². The summed E-state index contributed by atoms with van der Waals surface area (Å²) in [6, 6.07) is 7.46. The second kappa shape index (κ2) is 13.1. The van der Waals surface area contributed by atoms with Crippen LogP contribution < -0.4 is 0 Å². The molecule has 5 heterocycles. The van der Waals surface area contributed by atoms with Crippen molar-refractivity contribution in [1.29, 1.82) is 0 Å². The number of carbonyl (C=O) groups excluding carboxylic acids is 2. The van der Waals surface area contributed by atoms with Crippen LogP contribution in [0.3, 0.4) is 0 Å². The maximum absolute atomic E-state index is 13.7. The lowest BCUT2D eigenvalue weighted by molar-refractivity contribution is -0.141. The summed E-state index contributed by atoms with van der Waals surface area (Å²) in [4.78, 5) is 41.0. The van der Waals surface area contributed by atoms with Gasteiger partial charge in [0.05, 0.1) is 37.0 Å². The van der Waals surface area contributed by atoms with Crippen molar-refractivity contribution in [2.45, 2.75) is 53.4 Å². The van der Waals surface area contributed by atoms with Gasteiger partial charge in [-0.3, -0.25) is 9.59 Å². The Kier molecular flexibility index (Phi) is 9.18. The molecule has 8 nitrogen and oxygen atoms in total. The van der Waals surface area contributed by atoms with Crippen LogP contribution in [0.2, 0.25) is 0 Å². The van der Waals surface area contributed by atoms with Gasteiger partial charge in [0.1, 0.15) is 0 Å². The molecule has 0 aromatic carbocycles. The quantitative estimate of drug-likeness (QED) is 0.242. The zero-order chi connectivity index (χ0) is 33.3. The molecule has 10 heteroatoms.